The Kier molecular flexibility index (Phi) is 6.30. The predicted octanol–water partition coefficient (Wildman–Crippen LogP) is 5.97. The minimum absolute atomic E-state index is 0.0277. The number of nitrogens with one attached hydrogen (secondary N) is 1. The second-order valence-corrected chi connectivity index (χ2v) is 9.81. The lowest BCUT2D eigenvalue weighted by atomic mass is 9.98. The van der Waals surface area contributed by atoms with E-state index in [2.05, 4.69) is 81.1 Å². The molecule has 2 aromatic heterocycles. The highest BCUT2D eigenvalue weighted by Crippen LogP contribution is 2.43. The predicted molar refractivity (Wildman–Crippen MR) is 140 cm³/mol. The number of aryl methyl sites for hydroxylation is 1. The molecule has 2 aliphatic heterocycles. The second-order valence-electron chi connectivity index (χ2n) is 9.02. The van der Waals surface area contributed by atoms with E-state index in [4.69, 9.17) is 23.8 Å². The molecule has 1 N–H and O–H groups in total. The average molecular weight is 480 g/mol. The van der Waals surface area contributed by atoms with Crippen molar-refractivity contribution in [1.29, 1.82) is 0 Å². The van der Waals surface area contributed by atoms with Crippen LogP contribution >= 0.6 is 23.8 Å². The molecule has 0 radical (unpaired) electrons. The molecule has 0 saturated carbocycles. The van der Waals surface area contributed by atoms with Gasteiger partial charge in [0.2, 0.25) is 0 Å². The summed E-state index contributed by atoms with van der Waals surface area (Å²) in [4.78, 5) is 9.25. The summed E-state index contributed by atoms with van der Waals surface area (Å²) in [5.74, 6) is 0.784. The average Bonchev–Trinajstić information content (AvgIpc) is 3.44. The third-order valence-electron chi connectivity index (χ3n) is 6.94. The molecule has 0 aliphatic carbocycles. The van der Waals surface area contributed by atoms with E-state index in [1.54, 1.807) is 0 Å². The van der Waals surface area contributed by atoms with E-state index in [-0.39, 0.29) is 12.1 Å². The van der Waals surface area contributed by atoms with Gasteiger partial charge in [0, 0.05) is 43.4 Å². The molecule has 4 heterocycles. The van der Waals surface area contributed by atoms with Crippen molar-refractivity contribution in [2.24, 2.45) is 5.92 Å². The van der Waals surface area contributed by atoms with E-state index in [0.717, 1.165) is 47.6 Å². The maximum atomic E-state index is 6.86. The summed E-state index contributed by atoms with van der Waals surface area (Å²) in [6.45, 7) is 7.49. The highest BCUT2D eigenvalue weighted by atomic mass is 35.5. The summed E-state index contributed by atoms with van der Waals surface area (Å²) in [5.41, 5.74) is 4.28. The van der Waals surface area contributed by atoms with Crippen LogP contribution in [0.15, 0.2) is 60.9 Å². The van der Waals surface area contributed by atoms with Crippen LogP contribution in [0.5, 0.6) is 0 Å². The van der Waals surface area contributed by atoms with Crippen molar-refractivity contribution in [2.75, 3.05) is 22.9 Å². The molecule has 7 heteroatoms. The third kappa shape index (κ3) is 4.22. The fourth-order valence-corrected chi connectivity index (χ4v) is 5.71. The van der Waals surface area contributed by atoms with Crippen LogP contribution in [0, 0.1) is 5.92 Å². The van der Waals surface area contributed by atoms with Crippen molar-refractivity contribution in [3.8, 4) is 0 Å². The zero-order chi connectivity index (χ0) is 22.9. The Bertz CT molecular complexity index is 1120. The summed E-state index contributed by atoms with van der Waals surface area (Å²) in [6.07, 6.45) is 6.38. The van der Waals surface area contributed by atoms with Gasteiger partial charge in [-0.3, -0.25) is 4.98 Å². The Labute approximate surface area is 206 Å². The van der Waals surface area contributed by atoms with Gasteiger partial charge in [-0.25, -0.2) is 0 Å². The highest BCUT2D eigenvalue weighted by molar-refractivity contribution is 7.80. The van der Waals surface area contributed by atoms with Crippen LogP contribution in [0.2, 0.25) is 5.02 Å². The van der Waals surface area contributed by atoms with E-state index in [1.807, 2.05) is 18.3 Å². The third-order valence-corrected chi connectivity index (χ3v) is 7.56. The number of thiocarbonyl (C=S) groups is 1. The van der Waals surface area contributed by atoms with Crippen LogP contribution < -0.4 is 15.1 Å². The van der Waals surface area contributed by atoms with E-state index in [1.165, 1.54) is 18.5 Å². The molecule has 5 rings (SSSR count). The Morgan fingerprint density at radius 3 is 2.64 bits per heavy atom. The van der Waals surface area contributed by atoms with Gasteiger partial charge in [-0.2, -0.15) is 0 Å². The van der Waals surface area contributed by atoms with Gasteiger partial charge in [-0.05, 0) is 80.4 Å². The number of benzene rings is 1. The lowest BCUT2D eigenvalue weighted by molar-refractivity contribution is 0.438. The molecule has 0 amide bonds. The van der Waals surface area contributed by atoms with Gasteiger partial charge in [-0.1, -0.05) is 24.6 Å². The van der Waals surface area contributed by atoms with E-state index < -0.39 is 0 Å². The number of pyridine rings is 1. The Morgan fingerprint density at radius 1 is 1.12 bits per heavy atom. The van der Waals surface area contributed by atoms with Crippen molar-refractivity contribution in [2.45, 2.75) is 45.3 Å². The van der Waals surface area contributed by atoms with Crippen molar-refractivity contribution in [3.63, 3.8) is 0 Å². The topological polar surface area (TPSA) is 36.3 Å². The Morgan fingerprint density at radius 2 is 1.94 bits per heavy atom. The van der Waals surface area contributed by atoms with Crippen LogP contribution in [0.3, 0.4) is 0 Å². The first-order chi connectivity index (χ1) is 16.1. The highest BCUT2D eigenvalue weighted by Gasteiger charge is 2.42. The molecule has 5 nitrogen and oxygen atoms in total. The normalized spacial score (nSPS) is 21.5. The van der Waals surface area contributed by atoms with Gasteiger partial charge in [0.15, 0.2) is 5.11 Å². The molecule has 2 fully saturated rings. The van der Waals surface area contributed by atoms with E-state index in [9.17, 15) is 0 Å². The molecule has 0 spiro atoms. The van der Waals surface area contributed by atoms with Gasteiger partial charge < -0.3 is 19.7 Å². The Balaban J connectivity index is 1.53. The summed E-state index contributed by atoms with van der Waals surface area (Å²) in [5, 5.41) is 5.00. The summed E-state index contributed by atoms with van der Waals surface area (Å²) in [7, 11) is 0. The Hall–Kier alpha value is -2.57. The minimum atomic E-state index is -0.0547. The van der Waals surface area contributed by atoms with E-state index >= 15 is 0 Å². The fraction of sp³-hybridized carbons (Fsp3) is 0.385. The van der Waals surface area contributed by atoms with Crippen LogP contribution in [0.1, 0.15) is 50.2 Å². The van der Waals surface area contributed by atoms with Crippen molar-refractivity contribution >= 4 is 40.3 Å². The van der Waals surface area contributed by atoms with Crippen LogP contribution in [0.25, 0.3) is 0 Å². The number of halogens is 1. The molecule has 0 unspecified atom stereocenters. The van der Waals surface area contributed by atoms with Crippen LogP contribution in [-0.4, -0.2) is 27.8 Å². The smallest absolute Gasteiger partial charge is 0.174 e. The summed E-state index contributed by atoms with van der Waals surface area (Å²) in [6, 6.07) is 16.6. The number of piperidine rings is 1. The quantitative estimate of drug-likeness (QED) is 0.456. The zero-order valence-electron chi connectivity index (χ0n) is 19.1. The van der Waals surface area contributed by atoms with Gasteiger partial charge >= 0.3 is 0 Å². The summed E-state index contributed by atoms with van der Waals surface area (Å²) >= 11 is 12.7. The molecule has 2 aliphatic rings. The number of rotatable bonds is 5. The number of hydrogen-bond acceptors (Lipinski definition) is 3. The molecule has 3 aromatic rings. The number of hydrogen-bond donors (Lipinski definition) is 1. The molecule has 2 saturated heterocycles. The van der Waals surface area contributed by atoms with Crippen molar-refractivity contribution in [1.82, 2.24) is 14.9 Å². The molecular formula is C26H30ClN5S. The number of aromatic nitrogens is 2. The van der Waals surface area contributed by atoms with Gasteiger partial charge in [0.25, 0.3) is 0 Å². The maximum Gasteiger partial charge on any atom is 0.174 e. The molecule has 1 aromatic carbocycles. The van der Waals surface area contributed by atoms with Gasteiger partial charge in [0.05, 0.1) is 22.4 Å². The molecule has 0 bridgehead atoms. The van der Waals surface area contributed by atoms with Crippen LogP contribution in [-0.2, 0) is 6.54 Å². The molecular weight excluding hydrogens is 450 g/mol. The lowest BCUT2D eigenvalue weighted by Gasteiger charge is -2.33. The van der Waals surface area contributed by atoms with Crippen molar-refractivity contribution in [3.05, 3.63) is 77.3 Å². The standard InChI is InChI=1S/C26H30ClN5S/c1-3-30-14-6-8-23(30)25-24(21-7-4-5-13-28-21)29-26(33)32(25)19-9-10-22(20(27)17-19)31-15-11-18(2)12-16-31/h4-10,13-14,17-18,24-25H,3,11-12,15-16H2,1-2H3,(H,29,33)/t24-,25-/m1/s1. The second kappa shape index (κ2) is 9.35. The molecule has 2 atom stereocenters. The SMILES string of the molecule is CCn1cccc1[C@@H]1[C@@H](c2ccccn2)NC(=S)N1c1ccc(N2CCC(C)CC2)c(Cl)c1. The minimum Gasteiger partial charge on any atom is -0.370 e. The first kappa shape index (κ1) is 22.2. The van der Waals surface area contributed by atoms with Crippen molar-refractivity contribution < 1.29 is 0 Å². The first-order valence-corrected chi connectivity index (χ1v) is 12.6. The molecule has 172 valence electrons. The monoisotopic (exact) mass is 479 g/mol. The van der Waals surface area contributed by atoms with Crippen LogP contribution in [0.4, 0.5) is 11.4 Å². The fourth-order valence-electron chi connectivity index (χ4n) is 5.07. The first-order valence-electron chi connectivity index (χ1n) is 11.8. The van der Waals surface area contributed by atoms with E-state index in [0.29, 0.717) is 5.11 Å². The largest absolute Gasteiger partial charge is 0.370 e. The number of nitrogens with zero attached hydrogens (tertiary/aromatic N) is 4. The van der Waals surface area contributed by atoms with Gasteiger partial charge in [0.1, 0.15) is 6.04 Å². The number of anilines is 2. The lowest BCUT2D eigenvalue weighted by Crippen LogP contribution is -2.33. The zero-order valence-corrected chi connectivity index (χ0v) is 20.7. The van der Waals surface area contributed by atoms with Gasteiger partial charge in [-0.15, -0.1) is 0 Å². The summed E-state index contributed by atoms with van der Waals surface area (Å²) < 4.78 is 2.27. The molecule has 33 heavy (non-hydrogen) atoms. The maximum absolute atomic E-state index is 6.86.